The van der Waals surface area contributed by atoms with Gasteiger partial charge < -0.3 is 10.2 Å². The third kappa shape index (κ3) is 2.90. The van der Waals surface area contributed by atoms with Crippen LogP contribution in [0.4, 0.5) is 4.39 Å². The van der Waals surface area contributed by atoms with Crippen molar-refractivity contribution in [3.05, 3.63) is 39.8 Å². The van der Waals surface area contributed by atoms with E-state index in [4.69, 9.17) is 5.53 Å². The molecule has 0 spiro atoms. The first kappa shape index (κ1) is 12.4. The fourth-order valence-corrected chi connectivity index (χ4v) is 1.26. The molecule has 0 fully saturated rings. The summed E-state index contributed by atoms with van der Waals surface area (Å²) in [6.07, 6.45) is -1.31. The predicted octanol–water partition coefficient (Wildman–Crippen LogP) is 1.23. The van der Waals surface area contributed by atoms with E-state index in [2.05, 4.69) is 15.0 Å². The first-order valence-electron chi connectivity index (χ1n) is 4.55. The summed E-state index contributed by atoms with van der Waals surface area (Å²) in [6.45, 7) is 1.35. The maximum absolute atomic E-state index is 12.8. The summed E-state index contributed by atoms with van der Waals surface area (Å²) in [5, 5.41) is 22.3. The number of rotatable bonds is 4. The van der Waals surface area contributed by atoms with Crippen LogP contribution >= 0.6 is 0 Å². The quantitative estimate of drug-likeness (QED) is 0.349. The Hall–Kier alpha value is -1.69. The Morgan fingerprint density at radius 1 is 1.62 bits per heavy atom. The predicted molar refractivity (Wildman–Crippen MR) is 53.9 cm³/mol. The zero-order valence-electron chi connectivity index (χ0n) is 8.58. The number of halogens is 1. The van der Waals surface area contributed by atoms with Crippen molar-refractivity contribution in [1.82, 2.24) is 4.98 Å². The molecule has 16 heavy (non-hydrogen) atoms. The molecule has 0 saturated heterocycles. The molecule has 0 aliphatic rings. The first-order valence-corrected chi connectivity index (χ1v) is 4.55. The summed E-state index contributed by atoms with van der Waals surface area (Å²) in [6, 6.07) is 1.04. The fourth-order valence-electron chi connectivity index (χ4n) is 1.26. The van der Waals surface area contributed by atoms with Gasteiger partial charge in [0.25, 0.3) is 0 Å². The van der Waals surface area contributed by atoms with Crippen LogP contribution in [0.3, 0.4) is 0 Å². The highest BCUT2D eigenvalue weighted by atomic mass is 19.1. The van der Waals surface area contributed by atoms with Crippen molar-refractivity contribution < 1.29 is 14.6 Å². The molecule has 7 heteroatoms. The second kappa shape index (κ2) is 5.41. The SMILES string of the molecule is Cc1cnc(F)cc1C(O)C(O)CN=[N+]=[N-]. The summed E-state index contributed by atoms with van der Waals surface area (Å²) in [4.78, 5) is 5.86. The van der Waals surface area contributed by atoms with Gasteiger partial charge in [-0.2, -0.15) is 4.39 Å². The van der Waals surface area contributed by atoms with Crippen molar-refractivity contribution in [2.75, 3.05) is 6.54 Å². The average Bonchev–Trinajstić information content (AvgIpc) is 2.28. The normalized spacial score (nSPS) is 14.0. The van der Waals surface area contributed by atoms with Gasteiger partial charge in [0.1, 0.15) is 6.10 Å². The van der Waals surface area contributed by atoms with Crippen LogP contribution in [0.5, 0.6) is 0 Å². The zero-order valence-corrected chi connectivity index (χ0v) is 8.58. The van der Waals surface area contributed by atoms with Crippen molar-refractivity contribution >= 4 is 0 Å². The van der Waals surface area contributed by atoms with Crippen molar-refractivity contribution in [3.63, 3.8) is 0 Å². The number of azide groups is 1. The molecular formula is C9H11FN4O2. The van der Waals surface area contributed by atoms with E-state index in [0.717, 1.165) is 6.07 Å². The van der Waals surface area contributed by atoms with Gasteiger partial charge in [-0.15, -0.1) is 0 Å². The van der Waals surface area contributed by atoms with Gasteiger partial charge in [-0.1, -0.05) is 5.11 Å². The van der Waals surface area contributed by atoms with Crippen LogP contribution in [-0.2, 0) is 0 Å². The second-order valence-corrected chi connectivity index (χ2v) is 3.29. The minimum Gasteiger partial charge on any atom is -0.390 e. The Labute approximate surface area is 91.0 Å². The summed E-state index contributed by atoms with van der Waals surface area (Å²) in [5.41, 5.74) is 8.84. The monoisotopic (exact) mass is 226 g/mol. The Bertz CT molecular complexity index is 420. The van der Waals surface area contributed by atoms with E-state index >= 15 is 0 Å². The molecule has 2 unspecified atom stereocenters. The number of aryl methyl sites for hydroxylation is 1. The Balaban J connectivity index is 2.90. The van der Waals surface area contributed by atoms with E-state index in [1.807, 2.05) is 0 Å². The van der Waals surface area contributed by atoms with Crippen LogP contribution in [-0.4, -0.2) is 27.8 Å². The lowest BCUT2D eigenvalue weighted by Gasteiger charge is -2.17. The fraction of sp³-hybridized carbons (Fsp3) is 0.444. The molecule has 0 bridgehead atoms. The molecule has 2 atom stereocenters. The van der Waals surface area contributed by atoms with Crippen LogP contribution in [0.15, 0.2) is 17.4 Å². The molecule has 0 aliphatic carbocycles. The molecule has 1 aromatic heterocycles. The van der Waals surface area contributed by atoms with Crippen LogP contribution in [0.25, 0.3) is 10.4 Å². The number of hydrogen-bond donors (Lipinski definition) is 2. The number of pyridine rings is 1. The lowest BCUT2D eigenvalue weighted by atomic mass is 10.0. The molecule has 1 rings (SSSR count). The Morgan fingerprint density at radius 2 is 2.31 bits per heavy atom. The Morgan fingerprint density at radius 3 is 2.94 bits per heavy atom. The molecular weight excluding hydrogens is 215 g/mol. The summed E-state index contributed by atoms with van der Waals surface area (Å²) in [5.74, 6) is -0.740. The van der Waals surface area contributed by atoms with E-state index in [9.17, 15) is 14.6 Å². The van der Waals surface area contributed by atoms with E-state index < -0.39 is 18.2 Å². The highest BCUT2D eigenvalue weighted by Gasteiger charge is 2.20. The van der Waals surface area contributed by atoms with Gasteiger partial charge in [0.15, 0.2) is 0 Å². The smallest absolute Gasteiger partial charge is 0.213 e. The minimum absolute atomic E-state index is 0.230. The Kier molecular flexibility index (Phi) is 4.19. The molecule has 1 heterocycles. The minimum atomic E-state index is -1.30. The van der Waals surface area contributed by atoms with E-state index in [1.54, 1.807) is 6.92 Å². The number of aliphatic hydroxyl groups is 2. The van der Waals surface area contributed by atoms with Gasteiger partial charge in [0, 0.05) is 11.1 Å². The largest absolute Gasteiger partial charge is 0.390 e. The van der Waals surface area contributed by atoms with E-state index in [0.29, 0.717) is 5.56 Å². The van der Waals surface area contributed by atoms with E-state index in [-0.39, 0.29) is 12.1 Å². The van der Waals surface area contributed by atoms with Gasteiger partial charge in [-0.3, -0.25) is 0 Å². The van der Waals surface area contributed by atoms with Crippen LogP contribution in [0, 0.1) is 12.9 Å². The number of hydrogen-bond acceptors (Lipinski definition) is 4. The van der Waals surface area contributed by atoms with E-state index in [1.165, 1.54) is 6.20 Å². The van der Waals surface area contributed by atoms with Crippen LogP contribution in [0.1, 0.15) is 17.2 Å². The molecule has 0 aliphatic heterocycles. The molecule has 0 amide bonds. The summed E-state index contributed by atoms with van der Waals surface area (Å²) < 4.78 is 12.8. The molecule has 2 N–H and O–H groups in total. The molecule has 1 aromatic rings. The number of aromatic nitrogens is 1. The highest BCUT2D eigenvalue weighted by Crippen LogP contribution is 2.21. The average molecular weight is 226 g/mol. The molecule has 0 radical (unpaired) electrons. The van der Waals surface area contributed by atoms with Gasteiger partial charge in [-0.05, 0) is 29.6 Å². The number of nitrogens with zero attached hydrogens (tertiary/aromatic N) is 4. The van der Waals surface area contributed by atoms with Crippen molar-refractivity contribution in [2.45, 2.75) is 19.1 Å². The van der Waals surface area contributed by atoms with Crippen molar-refractivity contribution in [2.24, 2.45) is 5.11 Å². The van der Waals surface area contributed by atoms with Crippen LogP contribution < -0.4 is 0 Å². The molecule has 0 aromatic carbocycles. The molecule has 86 valence electrons. The first-order chi connectivity index (χ1) is 7.56. The van der Waals surface area contributed by atoms with Gasteiger partial charge in [0.05, 0.1) is 12.6 Å². The van der Waals surface area contributed by atoms with Gasteiger partial charge in [-0.25, -0.2) is 4.98 Å². The van der Waals surface area contributed by atoms with Crippen LogP contribution in [0.2, 0.25) is 0 Å². The lowest BCUT2D eigenvalue weighted by Crippen LogP contribution is -2.22. The second-order valence-electron chi connectivity index (χ2n) is 3.29. The maximum Gasteiger partial charge on any atom is 0.213 e. The lowest BCUT2D eigenvalue weighted by molar-refractivity contribution is 0.0238. The molecule has 6 nitrogen and oxygen atoms in total. The van der Waals surface area contributed by atoms with Crippen molar-refractivity contribution in [3.8, 4) is 0 Å². The summed E-state index contributed by atoms with van der Waals surface area (Å²) in [7, 11) is 0. The topological polar surface area (TPSA) is 102 Å². The van der Waals surface area contributed by atoms with Gasteiger partial charge in [0.2, 0.25) is 5.95 Å². The third-order valence-corrected chi connectivity index (χ3v) is 2.13. The highest BCUT2D eigenvalue weighted by molar-refractivity contribution is 5.25. The van der Waals surface area contributed by atoms with Gasteiger partial charge >= 0.3 is 0 Å². The third-order valence-electron chi connectivity index (χ3n) is 2.13. The molecule has 0 saturated carbocycles. The summed E-state index contributed by atoms with van der Waals surface area (Å²) >= 11 is 0. The standard InChI is InChI=1S/C9H11FN4O2/c1-5-3-12-8(10)2-6(5)9(16)7(15)4-13-14-11/h2-3,7,9,15-16H,4H2,1H3. The zero-order chi connectivity index (χ0) is 12.1. The van der Waals surface area contributed by atoms with Crippen molar-refractivity contribution in [1.29, 1.82) is 0 Å². The maximum atomic E-state index is 12.8. The number of aliphatic hydroxyl groups excluding tert-OH is 2.